The molecule has 2 atom stereocenters. The van der Waals surface area contributed by atoms with E-state index in [0.29, 0.717) is 24.8 Å². The van der Waals surface area contributed by atoms with Crippen LogP contribution in [0.1, 0.15) is 33.6 Å². The van der Waals surface area contributed by atoms with E-state index in [9.17, 15) is 14.7 Å². The first-order valence-corrected chi connectivity index (χ1v) is 6.89. The highest BCUT2D eigenvalue weighted by molar-refractivity contribution is 5.98. The molecule has 1 aliphatic rings. The van der Waals surface area contributed by atoms with Crippen molar-refractivity contribution in [3.05, 3.63) is 11.8 Å². The van der Waals surface area contributed by atoms with Crippen molar-refractivity contribution in [1.29, 1.82) is 0 Å². The minimum Gasteiger partial charge on any atom is -0.392 e. The van der Waals surface area contributed by atoms with Crippen molar-refractivity contribution in [3.8, 4) is 12.3 Å². The lowest BCUT2D eigenvalue weighted by molar-refractivity contribution is -0.122. The first kappa shape index (κ1) is 19.2. The molecule has 1 fully saturated rings. The Kier molecular flexibility index (Phi) is 8.36. The maximum Gasteiger partial charge on any atom is 0.254 e. The van der Waals surface area contributed by atoms with Crippen LogP contribution >= 0.6 is 0 Å². The van der Waals surface area contributed by atoms with E-state index in [4.69, 9.17) is 11.2 Å². The predicted molar refractivity (Wildman–Crippen MR) is 79.8 cm³/mol. The Morgan fingerprint density at radius 2 is 2.24 bits per heavy atom. The summed E-state index contributed by atoms with van der Waals surface area (Å²) in [7, 11) is 1.74. The smallest absolute Gasteiger partial charge is 0.254 e. The number of imide groups is 1. The number of nitrogens with one attached hydrogen (secondary N) is 1. The molecule has 2 amide bonds. The number of carbonyl (C=O) groups is 2. The Labute approximate surface area is 126 Å². The van der Waals surface area contributed by atoms with Gasteiger partial charge in [-0.1, -0.05) is 19.8 Å². The maximum atomic E-state index is 11.4. The van der Waals surface area contributed by atoms with Gasteiger partial charge < -0.3 is 14.7 Å². The number of amides is 2. The second-order valence-corrected chi connectivity index (χ2v) is 4.48. The largest absolute Gasteiger partial charge is 0.392 e. The maximum absolute atomic E-state index is 11.4. The minimum atomic E-state index is -0.939. The van der Waals surface area contributed by atoms with Gasteiger partial charge in [0.15, 0.2) is 5.60 Å². The molecule has 2 N–H and O–H groups in total. The van der Waals surface area contributed by atoms with Crippen molar-refractivity contribution in [2.24, 2.45) is 0 Å². The molecule has 0 aromatic heterocycles. The zero-order chi connectivity index (χ0) is 16.5. The second-order valence-electron chi connectivity index (χ2n) is 4.48. The van der Waals surface area contributed by atoms with E-state index < -0.39 is 11.5 Å². The Bertz CT molecular complexity index is 428. The fourth-order valence-electron chi connectivity index (χ4n) is 1.90. The quantitative estimate of drug-likeness (QED) is 0.442. The highest BCUT2D eigenvalue weighted by Gasteiger charge is 2.39. The lowest BCUT2D eigenvalue weighted by atomic mass is 10.0. The average Bonchev–Trinajstić information content (AvgIpc) is 2.94. The third-order valence-electron chi connectivity index (χ3n) is 3.07. The number of hydrogen-bond donors (Lipinski definition) is 2. The van der Waals surface area contributed by atoms with Gasteiger partial charge in [-0.25, -0.2) is 0 Å². The molecule has 6 nitrogen and oxygen atoms in total. The molecule has 1 heterocycles. The van der Waals surface area contributed by atoms with Crippen molar-refractivity contribution < 1.29 is 19.4 Å². The van der Waals surface area contributed by atoms with Gasteiger partial charge in [-0.2, -0.15) is 0 Å². The normalized spacial score (nSPS) is 24.4. The number of aliphatic hydroxyl groups is 1. The third-order valence-corrected chi connectivity index (χ3v) is 3.07. The van der Waals surface area contributed by atoms with Gasteiger partial charge >= 0.3 is 0 Å². The summed E-state index contributed by atoms with van der Waals surface area (Å²) in [6.07, 6.45) is 8.18. The number of carbonyl (C=O) groups excluding carboxylic acids is 2. The Balaban J connectivity index is 0.00000191. The van der Waals surface area contributed by atoms with Crippen LogP contribution in [0.15, 0.2) is 11.8 Å². The van der Waals surface area contributed by atoms with Crippen molar-refractivity contribution in [1.82, 2.24) is 10.2 Å². The highest BCUT2D eigenvalue weighted by Crippen LogP contribution is 2.31. The van der Waals surface area contributed by atoms with Crippen LogP contribution < -0.4 is 5.32 Å². The lowest BCUT2D eigenvalue weighted by Gasteiger charge is -2.26. The molecular formula is C15H24N2O4. The monoisotopic (exact) mass is 296 g/mol. The van der Waals surface area contributed by atoms with Crippen molar-refractivity contribution >= 4 is 12.3 Å². The number of nitrogens with zero attached hydrogens (tertiary/aromatic N) is 1. The van der Waals surface area contributed by atoms with Crippen LogP contribution in [-0.2, 0) is 14.3 Å². The van der Waals surface area contributed by atoms with Gasteiger partial charge in [-0.05, 0) is 19.8 Å². The average molecular weight is 296 g/mol. The molecule has 0 aromatic rings. The van der Waals surface area contributed by atoms with E-state index in [0.717, 1.165) is 0 Å². The Morgan fingerprint density at radius 1 is 1.62 bits per heavy atom. The van der Waals surface area contributed by atoms with Gasteiger partial charge in [0.25, 0.3) is 5.91 Å². The van der Waals surface area contributed by atoms with E-state index in [-0.39, 0.29) is 12.8 Å². The van der Waals surface area contributed by atoms with Crippen molar-refractivity contribution in [2.45, 2.75) is 45.4 Å². The summed E-state index contributed by atoms with van der Waals surface area (Å²) in [6, 6.07) is 0. The summed E-state index contributed by atoms with van der Waals surface area (Å²) in [6.45, 7) is 5.35. The first-order valence-electron chi connectivity index (χ1n) is 6.89. The number of aliphatic hydroxyl groups excluding tert-OH is 1. The summed E-state index contributed by atoms with van der Waals surface area (Å²) in [5.41, 5.74) is -0.563. The molecule has 2 unspecified atom stereocenters. The van der Waals surface area contributed by atoms with Crippen LogP contribution in [0.5, 0.6) is 0 Å². The zero-order valence-electron chi connectivity index (χ0n) is 13.0. The molecule has 0 aliphatic carbocycles. The summed E-state index contributed by atoms with van der Waals surface area (Å²) in [5, 5.41) is 11.3. The van der Waals surface area contributed by atoms with Crippen molar-refractivity contribution in [2.75, 3.05) is 13.7 Å². The minimum absolute atomic E-state index is 0.234. The summed E-state index contributed by atoms with van der Waals surface area (Å²) in [5.74, 6) is 2.00. The van der Waals surface area contributed by atoms with Crippen LogP contribution in [0.25, 0.3) is 0 Å². The molecule has 0 saturated carbocycles. The van der Waals surface area contributed by atoms with E-state index in [2.05, 4.69) is 11.2 Å². The lowest BCUT2D eigenvalue weighted by Crippen LogP contribution is -2.36. The molecule has 1 saturated heterocycles. The fourth-order valence-corrected chi connectivity index (χ4v) is 1.90. The van der Waals surface area contributed by atoms with E-state index >= 15 is 0 Å². The topological polar surface area (TPSA) is 78.9 Å². The van der Waals surface area contributed by atoms with E-state index in [1.165, 1.54) is 0 Å². The van der Waals surface area contributed by atoms with E-state index in [1.54, 1.807) is 25.1 Å². The number of ether oxygens (including phenoxy) is 1. The van der Waals surface area contributed by atoms with Crippen LogP contribution in [0.2, 0.25) is 0 Å². The molecule has 0 radical (unpaired) electrons. The molecule has 0 spiro atoms. The molecule has 6 heteroatoms. The number of hydrogen-bond acceptors (Lipinski definition) is 5. The summed E-state index contributed by atoms with van der Waals surface area (Å²) >= 11 is 0. The van der Waals surface area contributed by atoms with Crippen LogP contribution in [0.3, 0.4) is 0 Å². The first-order chi connectivity index (χ1) is 9.98. The molecule has 0 aromatic carbocycles. The molecule has 1 rings (SSSR count). The Morgan fingerprint density at radius 3 is 2.67 bits per heavy atom. The standard InChI is InChI=1S/C13H18N2O4.C2H6/c1-4-13(8-16)6-5-11(19-13)15(3)7-10(2)12(18)14-9-17;1-2/h1,7,9,11,16H,5-6,8H2,2-3H3,(H,14,17,18);1-2H3/b10-7-;. The predicted octanol–water partition coefficient (Wildman–Crippen LogP) is 0.622. The summed E-state index contributed by atoms with van der Waals surface area (Å²) in [4.78, 5) is 23.3. The van der Waals surface area contributed by atoms with Gasteiger partial charge in [-0.15, -0.1) is 6.42 Å². The van der Waals surface area contributed by atoms with Crippen molar-refractivity contribution in [3.63, 3.8) is 0 Å². The van der Waals surface area contributed by atoms with Gasteiger partial charge in [0.1, 0.15) is 6.23 Å². The molecule has 118 valence electrons. The zero-order valence-corrected chi connectivity index (χ0v) is 13.0. The van der Waals surface area contributed by atoms with Gasteiger partial charge in [0.05, 0.1) is 6.61 Å². The fraction of sp³-hybridized carbons (Fsp3) is 0.600. The van der Waals surface area contributed by atoms with Crippen LogP contribution in [-0.4, -0.2) is 47.8 Å². The summed E-state index contributed by atoms with van der Waals surface area (Å²) < 4.78 is 5.64. The Hall–Kier alpha value is -1.84. The van der Waals surface area contributed by atoms with Gasteiger partial charge in [-0.3, -0.25) is 14.9 Å². The number of terminal acetylenes is 1. The molecule has 1 aliphatic heterocycles. The second kappa shape index (κ2) is 9.16. The number of rotatable bonds is 5. The van der Waals surface area contributed by atoms with E-state index in [1.807, 2.05) is 13.8 Å². The SMILES string of the molecule is C#CC1(CO)CCC(N(C)/C=C(/C)C(=O)NC=O)O1.CC. The van der Waals surface area contributed by atoms with Gasteiger partial charge in [0, 0.05) is 18.8 Å². The van der Waals surface area contributed by atoms with Gasteiger partial charge in [0.2, 0.25) is 6.41 Å². The van der Waals surface area contributed by atoms with Crippen LogP contribution in [0.4, 0.5) is 0 Å². The highest BCUT2D eigenvalue weighted by atomic mass is 16.5. The molecule has 0 bridgehead atoms. The molecule has 21 heavy (non-hydrogen) atoms. The van der Waals surface area contributed by atoms with Crippen LogP contribution in [0, 0.1) is 12.3 Å². The third kappa shape index (κ3) is 5.21. The molecular weight excluding hydrogens is 272 g/mol.